The first-order chi connectivity index (χ1) is 9.70. The summed E-state index contributed by atoms with van der Waals surface area (Å²) >= 11 is 1.29. The van der Waals surface area contributed by atoms with Gasteiger partial charge in [-0.25, -0.2) is 0 Å². The van der Waals surface area contributed by atoms with Crippen LogP contribution in [0.15, 0.2) is 40.1 Å². The summed E-state index contributed by atoms with van der Waals surface area (Å²) in [5.41, 5.74) is 0.774. The molecule has 0 bridgehead atoms. The highest BCUT2D eigenvalue weighted by atomic mass is 32.2. The summed E-state index contributed by atoms with van der Waals surface area (Å²) in [6, 6.07) is 7.48. The van der Waals surface area contributed by atoms with Crippen molar-refractivity contribution in [3.63, 3.8) is 0 Å². The van der Waals surface area contributed by atoms with Gasteiger partial charge < -0.3 is 15.4 Å². The molecule has 0 atom stereocenters. The van der Waals surface area contributed by atoms with Crippen LogP contribution in [0.5, 0.6) is 0 Å². The van der Waals surface area contributed by atoms with Gasteiger partial charge in [-0.15, -0.1) is 0 Å². The molecule has 0 spiro atoms. The maximum absolute atomic E-state index is 11.9. The largest absolute Gasteiger partial charge is 0.380 e. The summed E-state index contributed by atoms with van der Waals surface area (Å²) in [5, 5.41) is 5.43. The first kappa shape index (κ1) is 14.6. The Morgan fingerprint density at radius 1 is 1.45 bits per heavy atom. The summed E-state index contributed by atoms with van der Waals surface area (Å²) < 4.78 is 5.12. The van der Waals surface area contributed by atoms with E-state index in [4.69, 9.17) is 4.74 Å². The summed E-state index contributed by atoms with van der Waals surface area (Å²) in [6.45, 7) is 3.41. The van der Waals surface area contributed by atoms with Crippen molar-refractivity contribution in [2.45, 2.75) is 11.8 Å². The molecule has 20 heavy (non-hydrogen) atoms. The van der Waals surface area contributed by atoms with Crippen molar-refractivity contribution in [2.24, 2.45) is 0 Å². The lowest BCUT2D eigenvalue weighted by atomic mass is 10.3. The van der Waals surface area contributed by atoms with Gasteiger partial charge in [0.25, 0.3) is 5.91 Å². The molecule has 1 aliphatic heterocycles. The van der Waals surface area contributed by atoms with E-state index in [1.54, 1.807) is 0 Å². The molecule has 0 unspecified atom stereocenters. The van der Waals surface area contributed by atoms with E-state index in [2.05, 4.69) is 10.6 Å². The Morgan fingerprint density at radius 3 is 3.05 bits per heavy atom. The number of amides is 2. The van der Waals surface area contributed by atoms with Crippen LogP contribution in [0.1, 0.15) is 6.92 Å². The van der Waals surface area contributed by atoms with Gasteiger partial charge in [0.2, 0.25) is 5.91 Å². The maximum Gasteiger partial charge on any atom is 0.262 e. The lowest BCUT2D eigenvalue weighted by molar-refractivity contribution is -0.117. The van der Waals surface area contributed by atoms with Crippen molar-refractivity contribution >= 4 is 29.3 Å². The summed E-state index contributed by atoms with van der Waals surface area (Å²) in [6.07, 6.45) is 1.32. The van der Waals surface area contributed by atoms with Crippen molar-refractivity contribution < 1.29 is 14.3 Å². The fourth-order valence-electron chi connectivity index (χ4n) is 1.66. The number of nitrogens with one attached hydrogen (secondary N) is 2. The van der Waals surface area contributed by atoms with Crippen LogP contribution in [0.25, 0.3) is 0 Å². The van der Waals surface area contributed by atoms with Gasteiger partial charge in [0.15, 0.2) is 0 Å². The van der Waals surface area contributed by atoms with E-state index in [1.165, 1.54) is 17.8 Å². The van der Waals surface area contributed by atoms with Crippen LogP contribution >= 0.6 is 11.8 Å². The molecular formula is C14H16N2O3S. The number of hydrogen-bond acceptors (Lipinski definition) is 4. The van der Waals surface area contributed by atoms with Crippen LogP contribution < -0.4 is 10.6 Å². The van der Waals surface area contributed by atoms with E-state index in [1.807, 2.05) is 31.2 Å². The zero-order chi connectivity index (χ0) is 14.4. The number of benzene rings is 1. The van der Waals surface area contributed by atoms with Gasteiger partial charge in [0, 0.05) is 24.1 Å². The third-order valence-corrected chi connectivity index (χ3v) is 3.69. The molecule has 2 rings (SSSR count). The predicted molar refractivity (Wildman–Crippen MR) is 78.5 cm³/mol. The molecule has 1 aromatic carbocycles. The molecule has 0 saturated heterocycles. The highest BCUT2D eigenvalue weighted by Crippen LogP contribution is 2.37. The van der Waals surface area contributed by atoms with Gasteiger partial charge >= 0.3 is 0 Å². The predicted octanol–water partition coefficient (Wildman–Crippen LogP) is 1.77. The van der Waals surface area contributed by atoms with Gasteiger partial charge in [0.1, 0.15) is 0 Å². The molecule has 0 radical (unpaired) electrons. The van der Waals surface area contributed by atoms with Crippen molar-refractivity contribution in [1.82, 2.24) is 5.32 Å². The van der Waals surface area contributed by atoms with E-state index in [0.29, 0.717) is 24.7 Å². The average Bonchev–Trinajstić information content (AvgIpc) is 2.44. The van der Waals surface area contributed by atoms with Crippen molar-refractivity contribution in [1.29, 1.82) is 0 Å². The van der Waals surface area contributed by atoms with Crippen LogP contribution in [0.3, 0.4) is 0 Å². The molecule has 0 aliphatic carbocycles. The number of carbonyl (C=O) groups is 2. The number of rotatable bonds is 5. The molecular weight excluding hydrogens is 276 g/mol. The van der Waals surface area contributed by atoms with Gasteiger partial charge in [-0.05, 0) is 19.1 Å². The van der Waals surface area contributed by atoms with Crippen LogP contribution in [-0.2, 0) is 14.3 Å². The Balaban J connectivity index is 1.97. The normalized spacial score (nSPS) is 15.7. The van der Waals surface area contributed by atoms with E-state index in [9.17, 15) is 9.59 Å². The zero-order valence-electron chi connectivity index (χ0n) is 11.1. The Morgan fingerprint density at radius 2 is 2.25 bits per heavy atom. The molecule has 1 aromatic rings. The number of anilines is 1. The van der Waals surface area contributed by atoms with E-state index < -0.39 is 0 Å². The smallest absolute Gasteiger partial charge is 0.262 e. The SMILES string of the molecule is CCOCCNC(=O)C=C1Sc2ccccc2NC1=O. The second-order valence-electron chi connectivity index (χ2n) is 4.05. The standard InChI is InChI=1S/C14H16N2O3S/c1-2-19-8-7-15-13(17)9-12-14(18)16-10-5-3-4-6-11(10)20-12/h3-6,9H,2,7-8H2,1H3,(H,15,17)(H,16,18). The second-order valence-corrected chi connectivity index (χ2v) is 5.13. The molecule has 0 fully saturated rings. The molecule has 0 aromatic heterocycles. The fourth-order valence-corrected chi connectivity index (χ4v) is 2.59. The Labute approximate surface area is 121 Å². The Bertz CT molecular complexity index is 543. The summed E-state index contributed by atoms with van der Waals surface area (Å²) in [4.78, 5) is 24.9. The van der Waals surface area contributed by atoms with Gasteiger partial charge in [0.05, 0.1) is 17.2 Å². The van der Waals surface area contributed by atoms with Gasteiger partial charge in [-0.1, -0.05) is 23.9 Å². The van der Waals surface area contributed by atoms with Crippen LogP contribution in [0.2, 0.25) is 0 Å². The quantitative estimate of drug-likeness (QED) is 0.641. The zero-order valence-corrected chi connectivity index (χ0v) is 12.0. The topological polar surface area (TPSA) is 67.4 Å². The van der Waals surface area contributed by atoms with Crippen LogP contribution in [0, 0.1) is 0 Å². The highest BCUT2D eigenvalue weighted by molar-refractivity contribution is 8.04. The fraction of sp³-hybridized carbons (Fsp3) is 0.286. The van der Waals surface area contributed by atoms with Crippen molar-refractivity contribution in [3.8, 4) is 0 Å². The summed E-state index contributed by atoms with van der Waals surface area (Å²) in [7, 11) is 0. The third kappa shape index (κ3) is 3.85. The lowest BCUT2D eigenvalue weighted by Gasteiger charge is -2.17. The Kier molecular flexibility index (Phi) is 5.20. The average molecular weight is 292 g/mol. The van der Waals surface area contributed by atoms with Crippen molar-refractivity contribution in [3.05, 3.63) is 35.2 Å². The number of ether oxygens (including phenoxy) is 1. The van der Waals surface area contributed by atoms with E-state index >= 15 is 0 Å². The van der Waals surface area contributed by atoms with E-state index in [0.717, 1.165) is 10.6 Å². The Hall–Kier alpha value is -1.79. The molecule has 0 saturated carbocycles. The van der Waals surface area contributed by atoms with Crippen molar-refractivity contribution in [2.75, 3.05) is 25.1 Å². The lowest BCUT2D eigenvalue weighted by Crippen LogP contribution is -2.27. The number of fused-ring (bicyclic) bond motifs is 1. The van der Waals surface area contributed by atoms with Gasteiger partial charge in [-0.3, -0.25) is 9.59 Å². The minimum absolute atomic E-state index is 0.256. The highest BCUT2D eigenvalue weighted by Gasteiger charge is 2.21. The second kappa shape index (κ2) is 7.12. The minimum Gasteiger partial charge on any atom is -0.380 e. The molecule has 6 heteroatoms. The van der Waals surface area contributed by atoms with Crippen LogP contribution in [0.4, 0.5) is 5.69 Å². The van der Waals surface area contributed by atoms with Crippen LogP contribution in [-0.4, -0.2) is 31.6 Å². The molecule has 1 aliphatic rings. The molecule has 106 valence electrons. The summed E-state index contributed by atoms with van der Waals surface area (Å²) in [5.74, 6) is -0.546. The molecule has 1 heterocycles. The first-order valence-electron chi connectivity index (χ1n) is 6.36. The number of carbonyl (C=O) groups excluding carboxylic acids is 2. The third-order valence-electron chi connectivity index (χ3n) is 2.59. The molecule has 2 amide bonds. The molecule has 2 N–H and O–H groups in total. The number of para-hydroxylation sites is 1. The maximum atomic E-state index is 11.9. The number of thioether (sulfide) groups is 1. The van der Waals surface area contributed by atoms with E-state index in [-0.39, 0.29) is 11.8 Å². The first-order valence-corrected chi connectivity index (χ1v) is 7.18. The van der Waals surface area contributed by atoms with Gasteiger partial charge in [-0.2, -0.15) is 0 Å². The number of hydrogen-bond donors (Lipinski definition) is 2. The minimum atomic E-state index is -0.290. The monoisotopic (exact) mass is 292 g/mol. The molecule has 5 nitrogen and oxygen atoms in total.